The van der Waals surface area contributed by atoms with Gasteiger partial charge in [-0.15, -0.1) is 0 Å². The summed E-state index contributed by atoms with van der Waals surface area (Å²) in [6, 6.07) is 15.0. The molecule has 9 nitrogen and oxygen atoms in total. The van der Waals surface area contributed by atoms with E-state index in [4.69, 9.17) is 21.0 Å². The number of nitriles is 1. The molecule has 2 saturated heterocycles. The number of aryl methyl sites for hydroxylation is 1. The second-order valence-electron chi connectivity index (χ2n) is 10.5. The van der Waals surface area contributed by atoms with Gasteiger partial charge in [-0.25, -0.2) is 0 Å². The summed E-state index contributed by atoms with van der Waals surface area (Å²) < 4.78 is 5.68. The van der Waals surface area contributed by atoms with Crippen molar-refractivity contribution in [2.75, 3.05) is 31.5 Å². The number of amides is 2. The molecule has 3 aromatic rings. The van der Waals surface area contributed by atoms with Gasteiger partial charge in [-0.1, -0.05) is 23.7 Å². The van der Waals surface area contributed by atoms with Crippen LogP contribution in [0, 0.1) is 24.2 Å². The SMILES string of the molecule is Cc1cc2cc(NC(=NC3CCCCN(CC(=O)N4CCCC4)C3=O)C(C#N)C(=O)c3cccc(Cl)c3)ccc2o1. The number of hydrogen-bond donors (Lipinski definition) is 1. The van der Waals surface area contributed by atoms with Crippen molar-refractivity contribution in [2.45, 2.75) is 45.1 Å². The van der Waals surface area contributed by atoms with Crippen molar-refractivity contribution in [3.63, 3.8) is 0 Å². The Balaban J connectivity index is 1.47. The maximum absolute atomic E-state index is 13.7. The third kappa shape index (κ3) is 6.60. The normalized spacial score (nSPS) is 18.7. The van der Waals surface area contributed by atoms with Crippen molar-refractivity contribution in [3.8, 4) is 6.07 Å². The Bertz CT molecular complexity index is 1530. The van der Waals surface area contributed by atoms with Crippen molar-refractivity contribution in [2.24, 2.45) is 10.9 Å². The predicted molar refractivity (Wildman–Crippen MR) is 157 cm³/mol. The van der Waals surface area contributed by atoms with Crippen LogP contribution in [0.3, 0.4) is 0 Å². The lowest BCUT2D eigenvalue weighted by atomic mass is 9.97. The molecule has 2 aliphatic heterocycles. The van der Waals surface area contributed by atoms with Gasteiger partial charge in [-0.3, -0.25) is 19.4 Å². The Morgan fingerprint density at radius 1 is 1.12 bits per heavy atom. The number of anilines is 1. The fourth-order valence-electron chi connectivity index (χ4n) is 5.39. The fraction of sp³-hybridized carbons (Fsp3) is 0.387. The summed E-state index contributed by atoms with van der Waals surface area (Å²) in [6.45, 7) is 3.76. The lowest BCUT2D eigenvalue weighted by Crippen LogP contribution is -2.45. The van der Waals surface area contributed by atoms with Gasteiger partial charge < -0.3 is 19.5 Å². The number of Topliss-reactive ketones (excluding diaryl/α,β-unsaturated/α-hetero) is 1. The number of amidine groups is 1. The Kier molecular flexibility index (Phi) is 8.70. The quantitative estimate of drug-likeness (QED) is 0.235. The minimum atomic E-state index is -1.31. The molecule has 3 heterocycles. The number of furan rings is 1. The molecule has 0 radical (unpaired) electrons. The highest BCUT2D eigenvalue weighted by atomic mass is 35.5. The number of carbonyl (C=O) groups is 3. The van der Waals surface area contributed by atoms with Crippen LogP contribution < -0.4 is 5.32 Å². The topological polar surface area (TPSA) is 119 Å². The number of carbonyl (C=O) groups excluding carboxylic acids is 3. The number of nitrogens with one attached hydrogen (secondary N) is 1. The first-order chi connectivity index (χ1) is 19.8. The second kappa shape index (κ2) is 12.6. The van der Waals surface area contributed by atoms with E-state index in [-0.39, 0.29) is 29.8 Å². The Hall–Kier alpha value is -4.16. The highest BCUT2D eigenvalue weighted by molar-refractivity contribution is 6.31. The van der Waals surface area contributed by atoms with Crippen LogP contribution in [0.1, 0.15) is 48.2 Å². The third-order valence-electron chi connectivity index (χ3n) is 7.52. The highest BCUT2D eigenvalue weighted by Gasteiger charge is 2.33. The van der Waals surface area contributed by atoms with Gasteiger partial charge in [0.15, 0.2) is 11.7 Å². The Morgan fingerprint density at radius 3 is 2.66 bits per heavy atom. The van der Waals surface area contributed by atoms with Crippen molar-refractivity contribution in [1.82, 2.24) is 9.80 Å². The lowest BCUT2D eigenvalue weighted by molar-refractivity contribution is -0.140. The van der Waals surface area contributed by atoms with E-state index >= 15 is 0 Å². The van der Waals surface area contributed by atoms with Crippen LogP contribution >= 0.6 is 11.6 Å². The first kappa shape index (κ1) is 28.4. The Morgan fingerprint density at radius 2 is 1.90 bits per heavy atom. The zero-order valence-corrected chi connectivity index (χ0v) is 23.7. The smallest absolute Gasteiger partial charge is 0.247 e. The number of hydrogen-bond acceptors (Lipinski definition) is 6. The van der Waals surface area contributed by atoms with Crippen molar-refractivity contribution in [3.05, 3.63) is 64.9 Å². The fourth-order valence-corrected chi connectivity index (χ4v) is 5.58. The van der Waals surface area contributed by atoms with Crippen LogP contribution in [0.4, 0.5) is 5.69 Å². The average Bonchev–Trinajstić information content (AvgIpc) is 3.59. The molecule has 0 bridgehead atoms. The van der Waals surface area contributed by atoms with E-state index in [2.05, 4.69) is 11.4 Å². The van der Waals surface area contributed by atoms with Crippen LogP contribution in [0.5, 0.6) is 0 Å². The molecule has 2 amide bonds. The number of ketones is 1. The van der Waals surface area contributed by atoms with E-state index in [0.29, 0.717) is 42.3 Å². The molecule has 1 N–H and O–H groups in total. The molecule has 41 heavy (non-hydrogen) atoms. The summed E-state index contributed by atoms with van der Waals surface area (Å²) in [5, 5.41) is 14.6. The van der Waals surface area contributed by atoms with Crippen LogP contribution in [0.2, 0.25) is 5.02 Å². The summed E-state index contributed by atoms with van der Waals surface area (Å²) in [5.74, 6) is -1.31. The molecule has 0 aliphatic carbocycles. The number of halogens is 1. The molecular weight excluding hydrogens is 542 g/mol. The zero-order chi connectivity index (χ0) is 28.9. The van der Waals surface area contributed by atoms with E-state index < -0.39 is 17.7 Å². The van der Waals surface area contributed by atoms with E-state index in [9.17, 15) is 19.6 Å². The molecule has 0 spiro atoms. The van der Waals surface area contributed by atoms with Crippen LogP contribution in [-0.4, -0.2) is 65.5 Å². The highest BCUT2D eigenvalue weighted by Crippen LogP contribution is 2.25. The number of benzene rings is 2. The molecule has 212 valence electrons. The lowest BCUT2D eigenvalue weighted by Gasteiger charge is -2.25. The molecule has 2 aromatic carbocycles. The van der Waals surface area contributed by atoms with Crippen LogP contribution in [0.15, 0.2) is 57.9 Å². The molecule has 5 rings (SSSR count). The summed E-state index contributed by atoms with van der Waals surface area (Å²) >= 11 is 6.13. The van der Waals surface area contributed by atoms with Gasteiger partial charge >= 0.3 is 0 Å². The van der Waals surface area contributed by atoms with E-state index in [1.165, 1.54) is 6.07 Å². The molecule has 2 unspecified atom stereocenters. The first-order valence-electron chi connectivity index (χ1n) is 13.9. The van der Waals surface area contributed by atoms with E-state index in [1.54, 1.807) is 40.1 Å². The summed E-state index contributed by atoms with van der Waals surface area (Å²) in [7, 11) is 0. The van der Waals surface area contributed by atoms with Gasteiger partial charge in [-0.05, 0) is 75.4 Å². The number of rotatable bonds is 7. The van der Waals surface area contributed by atoms with Crippen LogP contribution in [-0.2, 0) is 9.59 Å². The minimum absolute atomic E-state index is 0.00719. The van der Waals surface area contributed by atoms with Crippen molar-refractivity contribution < 1.29 is 18.8 Å². The average molecular weight is 574 g/mol. The molecular formula is C31H32ClN5O4. The molecule has 2 aliphatic rings. The van der Waals surface area contributed by atoms with Crippen molar-refractivity contribution >= 4 is 51.7 Å². The molecule has 2 fully saturated rings. The van der Waals surface area contributed by atoms with Gasteiger partial charge in [0.2, 0.25) is 11.8 Å². The predicted octanol–water partition coefficient (Wildman–Crippen LogP) is 5.23. The molecule has 0 saturated carbocycles. The number of aliphatic imine (C=N–C) groups is 1. The zero-order valence-electron chi connectivity index (χ0n) is 22.9. The van der Waals surface area contributed by atoms with E-state index in [0.717, 1.165) is 36.8 Å². The molecule has 10 heteroatoms. The van der Waals surface area contributed by atoms with Gasteiger partial charge in [0.1, 0.15) is 23.2 Å². The number of likely N-dealkylation sites (tertiary alicyclic amines) is 2. The Labute approximate surface area is 243 Å². The van der Waals surface area contributed by atoms with E-state index in [1.807, 2.05) is 19.1 Å². The minimum Gasteiger partial charge on any atom is -0.461 e. The maximum atomic E-state index is 13.7. The largest absolute Gasteiger partial charge is 0.461 e. The maximum Gasteiger partial charge on any atom is 0.247 e. The van der Waals surface area contributed by atoms with Gasteiger partial charge in [0.05, 0.1) is 12.6 Å². The summed E-state index contributed by atoms with van der Waals surface area (Å²) in [5.41, 5.74) is 1.57. The number of nitrogens with zero attached hydrogens (tertiary/aromatic N) is 4. The van der Waals surface area contributed by atoms with Gasteiger partial charge in [-0.2, -0.15) is 5.26 Å². The first-order valence-corrected chi connectivity index (χ1v) is 14.3. The molecule has 2 atom stereocenters. The monoisotopic (exact) mass is 573 g/mol. The second-order valence-corrected chi connectivity index (χ2v) is 11.0. The van der Waals surface area contributed by atoms with Gasteiger partial charge in [0.25, 0.3) is 0 Å². The van der Waals surface area contributed by atoms with Gasteiger partial charge in [0, 0.05) is 41.3 Å². The number of fused-ring (bicyclic) bond motifs is 1. The van der Waals surface area contributed by atoms with Crippen LogP contribution in [0.25, 0.3) is 11.0 Å². The molecule has 1 aromatic heterocycles. The summed E-state index contributed by atoms with van der Waals surface area (Å²) in [6.07, 6.45) is 3.86. The standard InChI is InChI=1S/C31H32ClN5O4/c1-20-15-22-17-24(10-11-27(22)41-20)34-30(25(18-33)29(39)21-7-6-8-23(32)16-21)35-26-9-2-3-14-37(31(26)40)19-28(38)36-12-4-5-13-36/h6-8,10-11,15-17,25-26H,2-5,9,12-14,19H2,1H3,(H,34,35). The van der Waals surface area contributed by atoms with Crippen molar-refractivity contribution in [1.29, 1.82) is 5.26 Å². The summed E-state index contributed by atoms with van der Waals surface area (Å²) in [4.78, 5) is 48.2. The third-order valence-corrected chi connectivity index (χ3v) is 7.75.